The van der Waals surface area contributed by atoms with Crippen molar-refractivity contribution in [2.24, 2.45) is 0 Å². The number of hydrogen-bond donors (Lipinski definition) is 2. The number of nitrogens with one attached hydrogen (secondary N) is 1. The molecule has 0 bridgehead atoms. The Bertz CT molecular complexity index is 747. The Labute approximate surface area is 151 Å². The van der Waals surface area contributed by atoms with E-state index in [1.807, 2.05) is 0 Å². The summed E-state index contributed by atoms with van der Waals surface area (Å²) in [5.74, 6) is -0.159. The maximum atomic E-state index is 13.0. The van der Waals surface area contributed by atoms with Gasteiger partial charge >= 0.3 is 0 Å². The molecule has 0 radical (unpaired) electrons. The van der Waals surface area contributed by atoms with Crippen molar-refractivity contribution in [3.8, 4) is 0 Å². The van der Waals surface area contributed by atoms with Crippen molar-refractivity contribution in [3.05, 3.63) is 77.6 Å². The minimum Gasteiger partial charge on any atom is -0.391 e. The number of hydrogen-bond acceptors (Lipinski definition) is 3. The second-order valence-corrected chi connectivity index (χ2v) is 6.00. The fourth-order valence-corrected chi connectivity index (χ4v) is 2.67. The Morgan fingerprint density at radius 3 is 2.71 bits per heavy atom. The Morgan fingerprint density at radius 1 is 1.38 bits per heavy atom. The molecule has 24 heavy (non-hydrogen) atoms. The smallest absolute Gasteiger partial charge is 0.270 e. The van der Waals surface area contributed by atoms with E-state index in [9.17, 15) is 9.90 Å². The van der Waals surface area contributed by atoms with Gasteiger partial charge in [0.1, 0.15) is 0 Å². The van der Waals surface area contributed by atoms with E-state index in [4.69, 9.17) is 23.8 Å². The lowest BCUT2D eigenvalue weighted by Crippen LogP contribution is -2.51. The molecular formula is C18H18ClN2O2S+. The maximum absolute atomic E-state index is 13.0. The van der Waals surface area contributed by atoms with Crippen LogP contribution in [0.5, 0.6) is 0 Å². The first-order valence-electron chi connectivity index (χ1n) is 7.35. The number of rotatable bonds is 7. The van der Waals surface area contributed by atoms with Crippen molar-refractivity contribution in [2.45, 2.75) is 12.6 Å². The van der Waals surface area contributed by atoms with Crippen LogP contribution in [0.4, 0.5) is 0 Å². The molecule has 0 aliphatic carbocycles. The third-order valence-electron chi connectivity index (χ3n) is 3.41. The van der Waals surface area contributed by atoms with Gasteiger partial charge in [0.2, 0.25) is 5.78 Å². The quantitative estimate of drug-likeness (QED) is 0.344. The number of aliphatic hydroxyl groups excluding tert-OH is 1. The van der Waals surface area contributed by atoms with Gasteiger partial charge < -0.3 is 10.4 Å². The Balaban J connectivity index is 2.41. The zero-order chi connectivity index (χ0) is 17.5. The van der Waals surface area contributed by atoms with E-state index < -0.39 is 6.04 Å². The second kappa shape index (κ2) is 8.68. The largest absolute Gasteiger partial charge is 0.391 e. The highest BCUT2D eigenvalue weighted by Gasteiger charge is 2.33. The molecule has 0 spiro atoms. The number of aromatic nitrogens is 1. The van der Waals surface area contributed by atoms with Gasteiger partial charge in [-0.25, -0.2) is 0 Å². The van der Waals surface area contributed by atoms with E-state index in [1.165, 1.54) is 0 Å². The van der Waals surface area contributed by atoms with Crippen LogP contribution in [0, 0.1) is 0 Å². The summed E-state index contributed by atoms with van der Waals surface area (Å²) in [5, 5.41) is 12.9. The lowest BCUT2D eigenvalue weighted by atomic mass is 10.0. The Morgan fingerprint density at radius 2 is 2.08 bits per heavy atom. The fourth-order valence-electron chi connectivity index (χ4n) is 2.23. The van der Waals surface area contributed by atoms with Crippen LogP contribution in [0.1, 0.15) is 22.0 Å². The molecule has 0 amide bonds. The summed E-state index contributed by atoms with van der Waals surface area (Å²) >= 11 is 11.3. The number of pyridine rings is 1. The van der Waals surface area contributed by atoms with Gasteiger partial charge in [0.05, 0.1) is 6.61 Å². The topological polar surface area (TPSA) is 53.2 Å². The highest BCUT2D eigenvalue weighted by atomic mass is 35.5. The monoisotopic (exact) mass is 361 g/mol. The maximum Gasteiger partial charge on any atom is 0.270 e. The van der Waals surface area contributed by atoms with Crippen LogP contribution < -0.4 is 9.88 Å². The number of aliphatic hydroxyl groups is 1. The molecule has 0 fully saturated rings. The normalized spacial score (nSPS) is 11.6. The third kappa shape index (κ3) is 4.47. The second-order valence-electron chi connectivity index (χ2n) is 5.13. The first-order valence-corrected chi connectivity index (χ1v) is 8.14. The molecule has 1 heterocycles. The molecule has 2 rings (SSSR count). The van der Waals surface area contributed by atoms with E-state index in [0.717, 1.165) is 0 Å². The average molecular weight is 362 g/mol. The van der Waals surface area contributed by atoms with Gasteiger partial charge in [-0.1, -0.05) is 29.9 Å². The van der Waals surface area contributed by atoms with Crippen LogP contribution >= 0.6 is 23.8 Å². The van der Waals surface area contributed by atoms with Gasteiger partial charge in [0.25, 0.3) is 6.04 Å². The van der Waals surface area contributed by atoms with Crippen LogP contribution in [0.25, 0.3) is 0 Å². The van der Waals surface area contributed by atoms with Crippen molar-refractivity contribution in [1.82, 2.24) is 5.32 Å². The van der Waals surface area contributed by atoms with Crippen molar-refractivity contribution in [1.29, 1.82) is 0 Å². The highest BCUT2D eigenvalue weighted by molar-refractivity contribution is 7.80. The first kappa shape index (κ1) is 18.3. The van der Waals surface area contributed by atoms with Gasteiger partial charge in [-0.3, -0.25) is 4.79 Å². The molecule has 1 unspecified atom stereocenters. The summed E-state index contributed by atoms with van der Waals surface area (Å²) in [5.41, 5.74) is 1.20. The molecule has 0 aliphatic heterocycles. The number of carbonyl (C=O) groups excluding carboxylic acids is 1. The van der Waals surface area contributed by atoms with Crippen molar-refractivity contribution in [3.63, 3.8) is 0 Å². The Hall–Kier alpha value is -2.08. The molecular weight excluding hydrogens is 344 g/mol. The number of Topliss-reactive ketones (excluding diaryl/α,β-unsaturated/α-hetero) is 1. The predicted octanol–water partition coefficient (Wildman–Crippen LogP) is 2.65. The van der Waals surface area contributed by atoms with Gasteiger partial charge in [-0.05, 0) is 30.3 Å². The molecule has 6 heteroatoms. The van der Waals surface area contributed by atoms with Gasteiger partial charge in [0, 0.05) is 28.8 Å². The van der Waals surface area contributed by atoms with Crippen LogP contribution in [0.3, 0.4) is 0 Å². The number of thiocarbonyl (C=S) groups is 1. The summed E-state index contributed by atoms with van der Waals surface area (Å²) in [6.45, 7) is 3.99. The summed E-state index contributed by atoms with van der Waals surface area (Å²) in [4.78, 5) is 13.4. The van der Waals surface area contributed by atoms with Crippen LogP contribution in [0.2, 0.25) is 5.02 Å². The summed E-state index contributed by atoms with van der Waals surface area (Å²) < 4.78 is 1.70. The molecule has 2 aromatic rings. The molecule has 1 aromatic carbocycles. The third-order valence-corrected chi connectivity index (χ3v) is 4.03. The van der Waals surface area contributed by atoms with Gasteiger partial charge in [-0.2, -0.15) is 4.57 Å². The SMILES string of the molecule is C=CCNC(=S)C(C(=O)c1ccc(Cl)cc1)[n+]1cccc(CO)c1. The minimum atomic E-state index is -0.715. The summed E-state index contributed by atoms with van der Waals surface area (Å²) in [6.07, 6.45) is 5.13. The molecule has 0 saturated carbocycles. The summed E-state index contributed by atoms with van der Waals surface area (Å²) in [7, 11) is 0. The fraction of sp³-hybridized carbons (Fsp3) is 0.167. The lowest BCUT2D eigenvalue weighted by Gasteiger charge is -2.14. The van der Waals surface area contributed by atoms with E-state index in [-0.39, 0.29) is 12.4 Å². The van der Waals surface area contributed by atoms with Crippen LogP contribution in [-0.2, 0) is 6.61 Å². The number of benzene rings is 1. The minimum absolute atomic E-state index is 0.116. The van der Waals surface area contributed by atoms with Crippen LogP contribution in [-0.4, -0.2) is 22.4 Å². The predicted molar refractivity (Wildman–Crippen MR) is 98.2 cm³/mol. The van der Waals surface area contributed by atoms with Crippen molar-refractivity contribution < 1.29 is 14.5 Å². The van der Waals surface area contributed by atoms with E-state index in [1.54, 1.807) is 59.4 Å². The molecule has 124 valence electrons. The zero-order valence-corrected chi connectivity index (χ0v) is 14.6. The van der Waals surface area contributed by atoms with Gasteiger partial charge in [-0.15, -0.1) is 6.58 Å². The number of carbonyl (C=O) groups is 1. The molecule has 2 N–H and O–H groups in total. The number of halogens is 1. The lowest BCUT2D eigenvalue weighted by molar-refractivity contribution is -0.692. The zero-order valence-electron chi connectivity index (χ0n) is 13.0. The van der Waals surface area contributed by atoms with Crippen molar-refractivity contribution >= 4 is 34.6 Å². The van der Waals surface area contributed by atoms with Crippen LogP contribution in [0.15, 0.2) is 61.4 Å². The summed E-state index contributed by atoms with van der Waals surface area (Å²) in [6, 6.07) is 9.51. The molecule has 0 aliphatic rings. The first-order chi connectivity index (χ1) is 11.6. The molecule has 4 nitrogen and oxygen atoms in total. The Kier molecular flexibility index (Phi) is 6.61. The average Bonchev–Trinajstić information content (AvgIpc) is 2.60. The molecule has 0 saturated heterocycles. The van der Waals surface area contributed by atoms with E-state index in [0.29, 0.717) is 27.7 Å². The molecule has 1 atom stereocenters. The highest BCUT2D eigenvalue weighted by Crippen LogP contribution is 2.15. The number of nitrogens with zero attached hydrogens (tertiary/aromatic N) is 1. The van der Waals surface area contributed by atoms with E-state index >= 15 is 0 Å². The standard InChI is InChI=1S/C18H17ClN2O2S/c1-2-9-20-18(24)16(21-10-3-4-13(11-21)12-22)17(23)14-5-7-15(19)8-6-14/h2-8,10-11,16,22H,1,9,12H2/p+1. The van der Waals surface area contributed by atoms with E-state index in [2.05, 4.69) is 11.9 Å². The number of ketones is 1. The van der Waals surface area contributed by atoms with Crippen molar-refractivity contribution in [2.75, 3.05) is 6.54 Å². The molecule has 1 aromatic heterocycles. The van der Waals surface area contributed by atoms with Gasteiger partial charge in [0.15, 0.2) is 17.4 Å².